The highest BCUT2D eigenvalue weighted by atomic mass is 16.7. The summed E-state index contributed by atoms with van der Waals surface area (Å²) in [5, 5.41) is 19.7. The zero-order valence-electron chi connectivity index (χ0n) is 28.0. The molecule has 12 nitrogen and oxygen atoms in total. The average molecular weight is 655 g/mol. The van der Waals surface area contributed by atoms with Crippen LogP contribution in [0.2, 0.25) is 0 Å². The van der Waals surface area contributed by atoms with Crippen LogP contribution in [0.15, 0.2) is 24.3 Å². The molecule has 0 aromatic heterocycles. The normalized spacial score (nSPS) is 24.5. The quantitative estimate of drug-likeness (QED) is 0.384. The third-order valence-corrected chi connectivity index (χ3v) is 9.01. The molecule has 0 radical (unpaired) electrons. The molecule has 2 aromatic rings. The highest BCUT2D eigenvalue weighted by Crippen LogP contribution is 2.43. The number of hydrogen-bond acceptors (Lipinski definition) is 10. The van der Waals surface area contributed by atoms with E-state index in [1.165, 1.54) is 11.6 Å². The molecule has 256 valence electrons. The van der Waals surface area contributed by atoms with Gasteiger partial charge < -0.3 is 38.6 Å². The van der Waals surface area contributed by atoms with Crippen LogP contribution in [0.3, 0.4) is 0 Å². The van der Waals surface area contributed by atoms with Gasteiger partial charge in [-0.05, 0) is 77.6 Å². The fraction of sp³-hybridized carbons (Fsp3) is 0.600. The maximum atomic E-state index is 12.6. The van der Waals surface area contributed by atoms with Crippen LogP contribution >= 0.6 is 0 Å². The zero-order chi connectivity index (χ0) is 33.7. The molecule has 3 heterocycles. The number of carbonyl (C=O) groups excluding carboxylic acids is 2. The lowest BCUT2D eigenvalue weighted by Gasteiger charge is -2.44. The number of phenolic OH excluding ortho intramolecular Hbond substituents is 2. The molecule has 2 fully saturated rings. The minimum Gasteiger partial charge on any atom is -0.504 e. The molecular weight excluding hydrogens is 608 g/mol. The van der Waals surface area contributed by atoms with Crippen LogP contribution in [0.5, 0.6) is 23.0 Å². The Labute approximate surface area is 275 Å². The SMILES string of the molecule is CC(C)(C)OC(=O)N1CCO[C@@H]2Cc3c(ccc(O)c3O)C[C@H]21.CC(C)(C)OC(=O)N1CCO[C@@H]2Cc3c(ccc4c3OCO4)C[C@H]21. The maximum Gasteiger partial charge on any atom is 0.410 e. The van der Waals surface area contributed by atoms with Crippen molar-refractivity contribution in [2.24, 2.45) is 0 Å². The Morgan fingerprint density at radius 3 is 1.79 bits per heavy atom. The summed E-state index contributed by atoms with van der Waals surface area (Å²) < 4.78 is 33.9. The highest BCUT2D eigenvalue weighted by molar-refractivity contribution is 5.70. The fourth-order valence-electron chi connectivity index (χ4n) is 6.95. The van der Waals surface area contributed by atoms with E-state index in [1.807, 2.05) is 52.5 Å². The summed E-state index contributed by atoms with van der Waals surface area (Å²) >= 11 is 0. The molecule has 2 aromatic carbocycles. The van der Waals surface area contributed by atoms with Crippen LogP contribution in [-0.4, -0.2) is 101 Å². The molecule has 2 saturated heterocycles. The van der Waals surface area contributed by atoms with Gasteiger partial charge in [-0.25, -0.2) is 9.59 Å². The van der Waals surface area contributed by atoms with Gasteiger partial charge in [-0.3, -0.25) is 9.80 Å². The van der Waals surface area contributed by atoms with E-state index in [0.717, 1.165) is 35.5 Å². The molecule has 2 aliphatic carbocycles. The summed E-state index contributed by atoms with van der Waals surface area (Å²) in [6.07, 6.45) is 1.70. The van der Waals surface area contributed by atoms with E-state index >= 15 is 0 Å². The van der Waals surface area contributed by atoms with E-state index in [4.69, 9.17) is 28.4 Å². The molecule has 3 aliphatic heterocycles. The Kier molecular flexibility index (Phi) is 8.86. The van der Waals surface area contributed by atoms with Gasteiger partial charge in [0.15, 0.2) is 23.0 Å². The summed E-state index contributed by atoms with van der Waals surface area (Å²) in [7, 11) is 0. The van der Waals surface area contributed by atoms with E-state index in [1.54, 1.807) is 11.0 Å². The standard InChI is InChI=1S/C18H23NO5.C17H23NO5/c1-18(2,3)24-17(20)19-6-7-21-15-9-12-11(8-13(15)19)4-5-14-16(12)23-10-22-14;1-17(2,3)23-16(21)18-6-7-22-14-9-11-10(8-12(14)18)4-5-13(19)15(11)20/h4-5,13,15H,6-10H2,1-3H3;4-5,12,14,19-20H,6-9H2,1-3H3/t13-,15-;12-,14-/m11/s1. The minimum absolute atomic E-state index is 0.00136. The number of morpholine rings is 2. The van der Waals surface area contributed by atoms with Gasteiger partial charge in [-0.2, -0.15) is 0 Å². The van der Waals surface area contributed by atoms with E-state index in [9.17, 15) is 19.8 Å². The van der Waals surface area contributed by atoms with Crippen molar-refractivity contribution < 1.29 is 48.2 Å². The first-order chi connectivity index (χ1) is 22.2. The van der Waals surface area contributed by atoms with Gasteiger partial charge in [0.1, 0.15) is 11.2 Å². The number of nitrogens with zero attached hydrogens (tertiary/aromatic N) is 2. The van der Waals surface area contributed by atoms with Crippen LogP contribution in [0, 0.1) is 0 Å². The Morgan fingerprint density at radius 1 is 0.723 bits per heavy atom. The third-order valence-electron chi connectivity index (χ3n) is 9.01. The van der Waals surface area contributed by atoms with E-state index in [2.05, 4.69) is 6.07 Å². The molecule has 5 aliphatic rings. The van der Waals surface area contributed by atoms with Gasteiger partial charge in [-0.1, -0.05) is 12.1 Å². The van der Waals surface area contributed by atoms with Crippen LogP contribution in [0.25, 0.3) is 0 Å². The molecule has 4 atom stereocenters. The second-order valence-corrected chi connectivity index (χ2v) is 14.6. The van der Waals surface area contributed by atoms with Crippen molar-refractivity contribution in [3.63, 3.8) is 0 Å². The van der Waals surface area contributed by atoms with Crippen molar-refractivity contribution in [3.05, 3.63) is 46.5 Å². The molecule has 2 N–H and O–H groups in total. The Balaban J connectivity index is 0.000000165. The van der Waals surface area contributed by atoms with E-state index in [-0.39, 0.29) is 54.8 Å². The molecule has 0 spiro atoms. The van der Waals surface area contributed by atoms with Crippen LogP contribution < -0.4 is 9.47 Å². The molecule has 7 rings (SSSR count). The van der Waals surface area contributed by atoms with Gasteiger partial charge in [0.2, 0.25) is 6.79 Å². The van der Waals surface area contributed by atoms with Crippen LogP contribution in [-0.2, 0) is 44.6 Å². The molecule has 2 amide bonds. The first-order valence-corrected chi connectivity index (χ1v) is 16.3. The average Bonchev–Trinajstić information content (AvgIpc) is 3.49. The number of rotatable bonds is 0. The number of ether oxygens (including phenoxy) is 6. The molecule has 0 unspecified atom stereocenters. The topological polar surface area (TPSA) is 136 Å². The van der Waals surface area contributed by atoms with Crippen LogP contribution in [0.1, 0.15) is 63.8 Å². The first kappa shape index (κ1) is 33.0. The fourth-order valence-corrected chi connectivity index (χ4v) is 6.95. The number of amides is 2. The highest BCUT2D eigenvalue weighted by Gasteiger charge is 2.43. The van der Waals surface area contributed by atoms with Crippen molar-refractivity contribution in [2.75, 3.05) is 33.1 Å². The van der Waals surface area contributed by atoms with Gasteiger partial charge in [-0.15, -0.1) is 0 Å². The number of carbonyl (C=O) groups is 2. The molecular formula is C35H46N2O10. The van der Waals surface area contributed by atoms with Crippen molar-refractivity contribution in [2.45, 2.75) is 103 Å². The van der Waals surface area contributed by atoms with Crippen LogP contribution in [0.4, 0.5) is 9.59 Å². The summed E-state index contributed by atoms with van der Waals surface area (Å²) in [6, 6.07) is 7.18. The lowest BCUT2D eigenvalue weighted by atomic mass is 9.84. The molecule has 47 heavy (non-hydrogen) atoms. The summed E-state index contributed by atoms with van der Waals surface area (Å²) in [5.41, 5.74) is 2.94. The second-order valence-electron chi connectivity index (χ2n) is 14.6. The molecule has 12 heteroatoms. The number of phenols is 2. The Morgan fingerprint density at radius 2 is 1.23 bits per heavy atom. The van der Waals surface area contributed by atoms with Gasteiger partial charge in [0.05, 0.1) is 37.5 Å². The molecule has 0 saturated carbocycles. The minimum atomic E-state index is -0.540. The summed E-state index contributed by atoms with van der Waals surface area (Å²) in [4.78, 5) is 28.6. The Bertz CT molecular complexity index is 1510. The predicted octanol–water partition coefficient (Wildman–Crippen LogP) is 4.72. The van der Waals surface area contributed by atoms with E-state index in [0.29, 0.717) is 44.7 Å². The number of fused-ring (bicyclic) bond motifs is 6. The monoisotopic (exact) mass is 654 g/mol. The van der Waals surface area contributed by atoms with Crippen molar-refractivity contribution >= 4 is 12.2 Å². The van der Waals surface area contributed by atoms with Crippen molar-refractivity contribution in [1.29, 1.82) is 0 Å². The van der Waals surface area contributed by atoms with Gasteiger partial charge in [0.25, 0.3) is 0 Å². The summed E-state index contributed by atoms with van der Waals surface area (Å²) in [5.74, 6) is 1.43. The lowest BCUT2D eigenvalue weighted by molar-refractivity contribution is -0.0784. The molecule has 0 bridgehead atoms. The maximum absolute atomic E-state index is 12.6. The number of aromatic hydroxyl groups is 2. The van der Waals surface area contributed by atoms with Gasteiger partial charge in [0, 0.05) is 37.1 Å². The Hall–Kier alpha value is -3.90. The number of benzene rings is 2. The third kappa shape index (κ3) is 7.03. The number of hydrogen-bond donors (Lipinski definition) is 2. The van der Waals surface area contributed by atoms with E-state index < -0.39 is 11.2 Å². The van der Waals surface area contributed by atoms with Crippen molar-refractivity contribution in [3.8, 4) is 23.0 Å². The second kappa shape index (κ2) is 12.6. The zero-order valence-corrected chi connectivity index (χ0v) is 28.0. The first-order valence-electron chi connectivity index (χ1n) is 16.3. The van der Waals surface area contributed by atoms with Gasteiger partial charge >= 0.3 is 12.2 Å². The largest absolute Gasteiger partial charge is 0.504 e. The lowest BCUT2D eigenvalue weighted by Crippen LogP contribution is -2.57. The predicted molar refractivity (Wildman–Crippen MR) is 170 cm³/mol. The smallest absolute Gasteiger partial charge is 0.410 e. The van der Waals surface area contributed by atoms with Crippen molar-refractivity contribution in [1.82, 2.24) is 9.80 Å². The summed E-state index contributed by atoms with van der Waals surface area (Å²) in [6.45, 7) is 13.5.